The third-order valence-corrected chi connectivity index (χ3v) is 5.88. The molecule has 0 saturated carbocycles. The van der Waals surface area contributed by atoms with E-state index in [1.165, 1.54) is 5.56 Å². The van der Waals surface area contributed by atoms with Crippen molar-refractivity contribution >= 4 is 29.1 Å². The second-order valence-corrected chi connectivity index (χ2v) is 8.87. The van der Waals surface area contributed by atoms with E-state index in [2.05, 4.69) is 31.4 Å². The molecule has 0 unspecified atom stereocenters. The smallest absolute Gasteiger partial charge is 0.226 e. The van der Waals surface area contributed by atoms with Gasteiger partial charge >= 0.3 is 0 Å². The van der Waals surface area contributed by atoms with Gasteiger partial charge in [0.15, 0.2) is 0 Å². The number of benzene rings is 2. The quantitative estimate of drug-likeness (QED) is 0.469. The van der Waals surface area contributed by atoms with Crippen LogP contribution in [0.2, 0.25) is 10.0 Å². The van der Waals surface area contributed by atoms with Crippen LogP contribution in [0.3, 0.4) is 0 Å². The highest BCUT2D eigenvalue weighted by Gasteiger charge is 2.42. The Kier molecular flexibility index (Phi) is 6.85. The number of amides is 1. The summed E-state index contributed by atoms with van der Waals surface area (Å²) < 4.78 is 0. The van der Waals surface area contributed by atoms with Gasteiger partial charge in [0.25, 0.3) is 0 Å². The number of carbonyl (C=O) groups excluding carboxylic acids is 1. The Hall–Kier alpha value is -1.77. The molecule has 0 aliphatic carbocycles. The fourth-order valence-corrected chi connectivity index (χ4v) is 4.57. The minimum absolute atomic E-state index is 0.0355. The van der Waals surface area contributed by atoms with E-state index in [0.717, 1.165) is 23.6 Å². The Balaban J connectivity index is 2.11. The van der Waals surface area contributed by atoms with Crippen molar-refractivity contribution < 1.29 is 4.79 Å². The average molecular weight is 416 g/mol. The molecule has 1 aliphatic rings. The van der Waals surface area contributed by atoms with Gasteiger partial charge in [-0.15, -0.1) is 6.58 Å². The molecule has 1 aliphatic heterocycles. The van der Waals surface area contributed by atoms with E-state index in [1.54, 1.807) is 0 Å². The predicted molar refractivity (Wildman–Crippen MR) is 118 cm³/mol. The standard InChI is InChI=1S/C24H27Cl2NO/c1-4-6-19-14-22(18-7-5-8-21(26)13-18)23(17-9-11-20(25)12-10-17)27(24(19)28)15-16(2)3/h4-5,7-13,16,19,22-23H,1,6,14-15H2,2-3H3/t19-,22-,23-/m1/s1. The van der Waals surface area contributed by atoms with Gasteiger partial charge in [0.1, 0.15) is 0 Å². The summed E-state index contributed by atoms with van der Waals surface area (Å²) in [6, 6.07) is 15.9. The van der Waals surface area contributed by atoms with Crippen LogP contribution in [0.5, 0.6) is 0 Å². The molecule has 28 heavy (non-hydrogen) atoms. The van der Waals surface area contributed by atoms with Crippen LogP contribution in [0.4, 0.5) is 0 Å². The largest absolute Gasteiger partial charge is 0.335 e. The lowest BCUT2D eigenvalue weighted by Gasteiger charge is -2.45. The topological polar surface area (TPSA) is 20.3 Å². The molecule has 0 bridgehead atoms. The summed E-state index contributed by atoms with van der Waals surface area (Å²) >= 11 is 12.4. The summed E-state index contributed by atoms with van der Waals surface area (Å²) in [6.07, 6.45) is 3.33. The zero-order chi connectivity index (χ0) is 20.3. The zero-order valence-electron chi connectivity index (χ0n) is 16.4. The number of likely N-dealkylation sites (tertiary alicyclic amines) is 1. The molecule has 3 rings (SSSR count). The molecule has 1 amide bonds. The van der Waals surface area contributed by atoms with Gasteiger partial charge in [-0.05, 0) is 54.2 Å². The van der Waals surface area contributed by atoms with E-state index in [0.29, 0.717) is 17.4 Å². The summed E-state index contributed by atoms with van der Waals surface area (Å²) in [7, 11) is 0. The van der Waals surface area contributed by atoms with E-state index < -0.39 is 0 Å². The number of hydrogen-bond donors (Lipinski definition) is 0. The van der Waals surface area contributed by atoms with Crippen LogP contribution in [0.1, 0.15) is 49.8 Å². The lowest BCUT2D eigenvalue weighted by molar-refractivity contribution is -0.143. The molecule has 0 N–H and O–H groups in total. The number of hydrogen-bond acceptors (Lipinski definition) is 1. The minimum Gasteiger partial charge on any atom is -0.335 e. The Morgan fingerprint density at radius 1 is 1.11 bits per heavy atom. The minimum atomic E-state index is -0.0521. The second-order valence-electron chi connectivity index (χ2n) is 8.00. The lowest BCUT2D eigenvalue weighted by atomic mass is 9.74. The molecule has 0 aromatic heterocycles. The maximum atomic E-state index is 13.4. The maximum Gasteiger partial charge on any atom is 0.226 e. The predicted octanol–water partition coefficient (Wildman–Crippen LogP) is 6.90. The first-order valence-corrected chi connectivity index (χ1v) is 10.6. The molecule has 1 heterocycles. The first-order valence-electron chi connectivity index (χ1n) is 9.83. The van der Waals surface area contributed by atoms with Crippen LogP contribution in [0.25, 0.3) is 0 Å². The van der Waals surface area contributed by atoms with E-state index in [9.17, 15) is 4.79 Å². The van der Waals surface area contributed by atoms with Gasteiger partial charge in [0.2, 0.25) is 5.91 Å². The molecule has 4 heteroatoms. The van der Waals surface area contributed by atoms with Gasteiger partial charge in [0.05, 0.1) is 6.04 Å². The van der Waals surface area contributed by atoms with Crippen molar-refractivity contribution in [3.05, 3.63) is 82.4 Å². The highest BCUT2D eigenvalue weighted by Crippen LogP contribution is 2.46. The van der Waals surface area contributed by atoms with Gasteiger partial charge < -0.3 is 4.90 Å². The van der Waals surface area contributed by atoms with Crippen molar-refractivity contribution in [2.45, 2.75) is 38.6 Å². The van der Waals surface area contributed by atoms with Crippen molar-refractivity contribution in [3.8, 4) is 0 Å². The molecule has 0 spiro atoms. The Bertz CT molecular complexity index is 831. The van der Waals surface area contributed by atoms with Crippen LogP contribution in [0, 0.1) is 11.8 Å². The Labute approximate surface area is 178 Å². The lowest BCUT2D eigenvalue weighted by Crippen LogP contribution is -2.48. The first kappa shape index (κ1) is 21.0. The summed E-state index contributed by atoms with van der Waals surface area (Å²) in [5.74, 6) is 0.707. The van der Waals surface area contributed by atoms with Crippen molar-refractivity contribution in [3.63, 3.8) is 0 Å². The first-order chi connectivity index (χ1) is 13.4. The molecule has 1 saturated heterocycles. The SMILES string of the molecule is C=CC[C@@H]1C[C@H](c2cccc(Cl)c2)[C@@H](c2ccc(Cl)cc2)N(CC(C)C)C1=O. The third kappa shape index (κ3) is 4.61. The van der Waals surface area contributed by atoms with Gasteiger partial charge in [-0.2, -0.15) is 0 Å². The zero-order valence-corrected chi connectivity index (χ0v) is 18.0. The summed E-state index contributed by atoms with van der Waals surface area (Å²) in [5.41, 5.74) is 2.28. The Morgan fingerprint density at radius 2 is 1.82 bits per heavy atom. The van der Waals surface area contributed by atoms with Gasteiger partial charge in [0, 0.05) is 28.4 Å². The number of halogens is 2. The maximum absolute atomic E-state index is 13.4. The van der Waals surface area contributed by atoms with Gasteiger partial charge in [-0.3, -0.25) is 4.79 Å². The molecular formula is C24H27Cl2NO. The highest BCUT2D eigenvalue weighted by molar-refractivity contribution is 6.30. The van der Waals surface area contributed by atoms with Crippen molar-refractivity contribution in [2.75, 3.05) is 6.54 Å². The van der Waals surface area contributed by atoms with Crippen molar-refractivity contribution in [1.82, 2.24) is 4.90 Å². The average Bonchev–Trinajstić information content (AvgIpc) is 2.65. The number of rotatable bonds is 6. The Morgan fingerprint density at radius 3 is 2.43 bits per heavy atom. The number of allylic oxidation sites excluding steroid dienone is 1. The van der Waals surface area contributed by atoms with E-state index in [1.807, 2.05) is 48.5 Å². The number of carbonyl (C=O) groups is 1. The van der Waals surface area contributed by atoms with Crippen LogP contribution in [-0.4, -0.2) is 17.4 Å². The van der Waals surface area contributed by atoms with E-state index in [-0.39, 0.29) is 23.8 Å². The summed E-state index contributed by atoms with van der Waals surface area (Å²) in [6.45, 7) is 8.89. The molecule has 3 atom stereocenters. The van der Waals surface area contributed by atoms with Gasteiger partial charge in [-0.25, -0.2) is 0 Å². The third-order valence-electron chi connectivity index (χ3n) is 5.39. The van der Waals surface area contributed by atoms with Crippen molar-refractivity contribution in [1.29, 1.82) is 0 Å². The molecule has 2 aromatic rings. The number of piperidine rings is 1. The fraction of sp³-hybridized carbons (Fsp3) is 0.375. The number of nitrogens with zero attached hydrogens (tertiary/aromatic N) is 1. The monoisotopic (exact) mass is 415 g/mol. The highest BCUT2D eigenvalue weighted by atomic mass is 35.5. The van der Waals surface area contributed by atoms with Crippen LogP contribution < -0.4 is 0 Å². The molecule has 2 nitrogen and oxygen atoms in total. The molecule has 2 aromatic carbocycles. The molecule has 1 fully saturated rings. The second kappa shape index (κ2) is 9.15. The fourth-order valence-electron chi connectivity index (χ4n) is 4.25. The molecule has 0 radical (unpaired) electrons. The normalized spacial score (nSPS) is 22.5. The van der Waals surface area contributed by atoms with Crippen molar-refractivity contribution in [2.24, 2.45) is 11.8 Å². The van der Waals surface area contributed by atoms with E-state index >= 15 is 0 Å². The van der Waals surface area contributed by atoms with Crippen LogP contribution in [-0.2, 0) is 4.79 Å². The summed E-state index contributed by atoms with van der Waals surface area (Å²) in [5, 5.41) is 1.42. The van der Waals surface area contributed by atoms with Crippen LogP contribution >= 0.6 is 23.2 Å². The van der Waals surface area contributed by atoms with E-state index in [4.69, 9.17) is 23.2 Å². The van der Waals surface area contributed by atoms with Gasteiger partial charge in [-0.1, -0.05) is 67.4 Å². The molecule has 148 valence electrons. The van der Waals surface area contributed by atoms with Crippen LogP contribution in [0.15, 0.2) is 61.2 Å². The summed E-state index contributed by atoms with van der Waals surface area (Å²) in [4.78, 5) is 15.4. The molecular weight excluding hydrogens is 389 g/mol.